The summed E-state index contributed by atoms with van der Waals surface area (Å²) < 4.78 is 0. The molecule has 0 unspecified atom stereocenters. The first-order chi connectivity index (χ1) is 10.7. The molecule has 0 aromatic heterocycles. The van der Waals surface area contributed by atoms with Crippen LogP contribution >= 0.6 is 0 Å². The van der Waals surface area contributed by atoms with Gasteiger partial charge in [0.2, 0.25) is 0 Å². The van der Waals surface area contributed by atoms with Gasteiger partial charge in [-0.2, -0.15) is 0 Å². The first-order valence-corrected chi connectivity index (χ1v) is 8.81. The Morgan fingerprint density at radius 1 is 1.30 bits per heavy atom. The molecule has 0 aliphatic heterocycles. The van der Waals surface area contributed by atoms with Crippen LogP contribution in [0.15, 0.2) is 24.3 Å². The van der Waals surface area contributed by atoms with E-state index in [4.69, 9.17) is 0 Å². The number of carboxylic acids is 1. The first-order valence-electron chi connectivity index (χ1n) is 8.81. The molecule has 0 aromatic carbocycles. The molecule has 0 bridgehead atoms. The highest BCUT2D eigenvalue weighted by atomic mass is 16.4. The summed E-state index contributed by atoms with van der Waals surface area (Å²) in [5.74, 6) is -0.00787. The average Bonchev–Trinajstić information content (AvgIpc) is 2.49. The van der Waals surface area contributed by atoms with E-state index in [9.17, 15) is 14.7 Å². The van der Waals surface area contributed by atoms with Crippen molar-refractivity contribution >= 4 is 11.8 Å². The maximum absolute atomic E-state index is 12.6. The van der Waals surface area contributed by atoms with E-state index < -0.39 is 16.8 Å². The Labute approximate surface area is 138 Å². The van der Waals surface area contributed by atoms with Gasteiger partial charge in [0.05, 0.1) is 5.41 Å². The molecule has 3 nitrogen and oxygen atoms in total. The molecular weight excluding hydrogens is 288 g/mol. The van der Waals surface area contributed by atoms with E-state index >= 15 is 0 Å². The topological polar surface area (TPSA) is 54.4 Å². The first kappa shape index (κ1) is 16.5. The number of ketones is 1. The predicted octanol–water partition coefficient (Wildman–Crippen LogP) is 4.39. The second kappa shape index (κ2) is 5.06. The summed E-state index contributed by atoms with van der Waals surface area (Å²) in [7, 11) is 0. The van der Waals surface area contributed by atoms with Gasteiger partial charge in [0.1, 0.15) is 0 Å². The summed E-state index contributed by atoms with van der Waals surface area (Å²) in [6.45, 7) is 9.96. The Hall–Kier alpha value is -1.38. The number of rotatable bonds is 2. The molecule has 3 aliphatic rings. The summed E-state index contributed by atoms with van der Waals surface area (Å²) in [6, 6.07) is 0. The standard InChI is InChI=1S/C20H28O3/c1-5-18(2)12-13-7-8-15-19(3,14(13)11-16(18)21)9-6-10-20(15,4)17(22)23/h5,11,13,15H,1,6-10,12H2,2-4H3,(H,22,23)/t13-,15-,18+,19+,20-/m0/s1. The number of fused-ring (bicyclic) bond motifs is 3. The SMILES string of the molecule is C=C[C@]1(C)C[C@@H]2CC[C@@H]3[C@@](C)(C(=O)O)CCC[C@]3(C)C2=CC1=O. The van der Waals surface area contributed by atoms with E-state index in [-0.39, 0.29) is 17.1 Å². The molecule has 23 heavy (non-hydrogen) atoms. The van der Waals surface area contributed by atoms with Crippen molar-refractivity contribution in [2.24, 2.45) is 28.1 Å². The number of hydrogen-bond acceptors (Lipinski definition) is 2. The van der Waals surface area contributed by atoms with Gasteiger partial charge < -0.3 is 5.11 Å². The van der Waals surface area contributed by atoms with Crippen LogP contribution in [0.5, 0.6) is 0 Å². The third-order valence-electron chi connectivity index (χ3n) is 7.29. The Balaban J connectivity index is 2.06. The zero-order chi connectivity index (χ0) is 17.0. The van der Waals surface area contributed by atoms with Crippen molar-refractivity contribution in [1.82, 2.24) is 0 Å². The van der Waals surface area contributed by atoms with Crippen LogP contribution in [0, 0.1) is 28.1 Å². The molecule has 126 valence electrons. The molecule has 0 saturated heterocycles. The van der Waals surface area contributed by atoms with Crippen molar-refractivity contribution in [2.75, 3.05) is 0 Å². The lowest BCUT2D eigenvalue weighted by atomic mass is 9.46. The van der Waals surface area contributed by atoms with Crippen LogP contribution in [-0.4, -0.2) is 16.9 Å². The fourth-order valence-corrected chi connectivity index (χ4v) is 5.70. The fourth-order valence-electron chi connectivity index (χ4n) is 5.70. The highest BCUT2D eigenvalue weighted by Crippen LogP contribution is 2.63. The molecule has 0 spiro atoms. The van der Waals surface area contributed by atoms with Crippen molar-refractivity contribution in [3.63, 3.8) is 0 Å². The van der Waals surface area contributed by atoms with Crippen molar-refractivity contribution in [1.29, 1.82) is 0 Å². The van der Waals surface area contributed by atoms with Gasteiger partial charge in [-0.05, 0) is 69.3 Å². The van der Waals surface area contributed by atoms with E-state index in [1.54, 1.807) is 6.08 Å². The van der Waals surface area contributed by atoms with E-state index in [2.05, 4.69) is 13.5 Å². The molecule has 3 rings (SSSR count). The van der Waals surface area contributed by atoms with Crippen LogP contribution in [0.1, 0.15) is 59.3 Å². The van der Waals surface area contributed by atoms with Crippen molar-refractivity contribution in [2.45, 2.75) is 59.3 Å². The van der Waals surface area contributed by atoms with Crippen LogP contribution in [0.25, 0.3) is 0 Å². The van der Waals surface area contributed by atoms with Gasteiger partial charge in [0.15, 0.2) is 5.78 Å². The Morgan fingerprint density at radius 3 is 2.61 bits per heavy atom. The van der Waals surface area contributed by atoms with Crippen molar-refractivity contribution in [3.05, 3.63) is 24.3 Å². The summed E-state index contributed by atoms with van der Waals surface area (Å²) in [5.41, 5.74) is -0.0411. The Morgan fingerprint density at radius 2 is 2.00 bits per heavy atom. The third-order valence-corrected chi connectivity index (χ3v) is 7.29. The van der Waals surface area contributed by atoms with Crippen LogP contribution in [0.2, 0.25) is 0 Å². The van der Waals surface area contributed by atoms with Gasteiger partial charge >= 0.3 is 5.97 Å². The highest BCUT2D eigenvalue weighted by molar-refractivity contribution is 5.97. The molecule has 5 atom stereocenters. The summed E-state index contributed by atoms with van der Waals surface area (Å²) in [5, 5.41) is 9.82. The van der Waals surface area contributed by atoms with E-state index in [0.717, 1.165) is 38.5 Å². The van der Waals surface area contributed by atoms with Gasteiger partial charge in [-0.25, -0.2) is 0 Å². The molecule has 2 saturated carbocycles. The lowest BCUT2D eigenvalue weighted by Crippen LogP contribution is -2.53. The fraction of sp³-hybridized carbons (Fsp3) is 0.700. The largest absolute Gasteiger partial charge is 0.481 e. The second-order valence-corrected chi connectivity index (χ2v) is 8.61. The lowest BCUT2D eigenvalue weighted by molar-refractivity contribution is -0.160. The zero-order valence-corrected chi connectivity index (χ0v) is 14.5. The van der Waals surface area contributed by atoms with Crippen LogP contribution in [0.3, 0.4) is 0 Å². The molecule has 3 aliphatic carbocycles. The van der Waals surface area contributed by atoms with E-state index in [1.165, 1.54) is 5.57 Å². The van der Waals surface area contributed by atoms with Gasteiger partial charge in [-0.1, -0.05) is 25.0 Å². The second-order valence-electron chi connectivity index (χ2n) is 8.61. The normalized spacial score (nSPS) is 46.4. The number of allylic oxidation sites excluding steroid dienone is 3. The number of carbonyl (C=O) groups excluding carboxylic acids is 1. The minimum atomic E-state index is -0.675. The van der Waals surface area contributed by atoms with Crippen LogP contribution in [0.4, 0.5) is 0 Å². The summed E-state index contributed by atoms with van der Waals surface area (Å²) in [6.07, 6.45) is 9.09. The maximum atomic E-state index is 12.6. The molecule has 0 heterocycles. The van der Waals surface area contributed by atoms with Crippen molar-refractivity contribution < 1.29 is 14.7 Å². The zero-order valence-electron chi connectivity index (χ0n) is 14.5. The van der Waals surface area contributed by atoms with Crippen LogP contribution < -0.4 is 0 Å². The number of hydrogen-bond donors (Lipinski definition) is 1. The van der Waals surface area contributed by atoms with Crippen molar-refractivity contribution in [3.8, 4) is 0 Å². The minimum absolute atomic E-state index is 0.129. The smallest absolute Gasteiger partial charge is 0.309 e. The molecular formula is C20H28O3. The highest BCUT2D eigenvalue weighted by Gasteiger charge is 2.58. The molecule has 3 heteroatoms. The molecule has 0 aromatic rings. The van der Waals surface area contributed by atoms with Gasteiger partial charge in [-0.15, -0.1) is 6.58 Å². The molecule has 1 N–H and O–H groups in total. The molecule has 2 fully saturated rings. The number of carbonyl (C=O) groups is 2. The number of aliphatic carboxylic acids is 1. The van der Waals surface area contributed by atoms with E-state index in [0.29, 0.717) is 5.92 Å². The monoisotopic (exact) mass is 316 g/mol. The Bertz CT molecular complexity index is 604. The Kier molecular flexibility index (Phi) is 3.62. The number of carboxylic acid groups (broad SMARTS) is 1. The third kappa shape index (κ3) is 2.15. The summed E-state index contributed by atoms with van der Waals surface area (Å²) in [4.78, 5) is 24.6. The molecule has 0 radical (unpaired) electrons. The lowest BCUT2D eigenvalue weighted by Gasteiger charge is -2.57. The molecule has 0 amide bonds. The van der Waals surface area contributed by atoms with Crippen LogP contribution in [-0.2, 0) is 9.59 Å². The van der Waals surface area contributed by atoms with Gasteiger partial charge in [-0.3, -0.25) is 9.59 Å². The summed E-state index contributed by atoms with van der Waals surface area (Å²) >= 11 is 0. The minimum Gasteiger partial charge on any atom is -0.481 e. The van der Waals surface area contributed by atoms with E-state index in [1.807, 2.05) is 19.9 Å². The quantitative estimate of drug-likeness (QED) is 0.769. The van der Waals surface area contributed by atoms with Gasteiger partial charge in [0, 0.05) is 5.41 Å². The average molecular weight is 316 g/mol. The van der Waals surface area contributed by atoms with Gasteiger partial charge in [0.25, 0.3) is 0 Å². The maximum Gasteiger partial charge on any atom is 0.309 e. The predicted molar refractivity (Wildman–Crippen MR) is 89.9 cm³/mol.